The second-order valence-corrected chi connectivity index (χ2v) is 17.9. The third-order valence-corrected chi connectivity index (χ3v) is 14.2. The molecule has 3 rings (SSSR count). The fraction of sp³-hybridized carbons (Fsp3) is 0.586. The van der Waals surface area contributed by atoms with Crippen molar-refractivity contribution in [3.05, 3.63) is 48.5 Å². The predicted molar refractivity (Wildman–Crippen MR) is 149 cm³/mol. The molecular formula is C29H44O2P2. The summed E-state index contributed by atoms with van der Waals surface area (Å²) >= 11 is 0. The maximum atomic E-state index is 5.91. The second kappa shape index (κ2) is 10.7. The first kappa shape index (κ1) is 26.5. The van der Waals surface area contributed by atoms with Gasteiger partial charge in [0.1, 0.15) is 11.5 Å². The first-order valence-corrected chi connectivity index (χ1v) is 15.2. The van der Waals surface area contributed by atoms with Gasteiger partial charge < -0.3 is 9.47 Å². The maximum absolute atomic E-state index is 5.91. The second-order valence-electron chi connectivity index (χ2n) is 11.3. The molecule has 0 saturated heterocycles. The van der Waals surface area contributed by atoms with Gasteiger partial charge >= 0.3 is 0 Å². The highest BCUT2D eigenvalue weighted by Crippen LogP contribution is 2.67. The van der Waals surface area contributed by atoms with Crippen molar-refractivity contribution in [2.45, 2.75) is 89.4 Å². The molecule has 1 aliphatic carbocycles. The molecular weight excluding hydrogens is 442 g/mol. The molecule has 2 aromatic rings. The Balaban J connectivity index is 2.14. The summed E-state index contributed by atoms with van der Waals surface area (Å²) in [6.07, 6.45) is 3.94. The lowest BCUT2D eigenvalue weighted by atomic mass is 10.0. The standard InChI is InChI=1S/C29H44O2P2/c1-21(33(28(2,3)4)29(5,6)7)22-15-14-20-25(22)32(26-18-12-10-16-23(26)30-8)27-19-13-11-17-24(27)31-9/h10-13,16-19,21-22,25H,14-15,20H2,1-9H3. The summed E-state index contributed by atoms with van der Waals surface area (Å²) in [5.41, 5.74) is 1.35. The van der Waals surface area contributed by atoms with Crippen LogP contribution < -0.4 is 20.1 Å². The van der Waals surface area contributed by atoms with Crippen molar-refractivity contribution in [1.29, 1.82) is 0 Å². The molecule has 33 heavy (non-hydrogen) atoms. The minimum absolute atomic E-state index is 0.179. The SMILES string of the molecule is COc1ccccc1P(c1ccccc1OC)C1CCCC1C(C)P(C(C)(C)C)C(C)(C)C. The molecule has 0 aromatic heterocycles. The Hall–Kier alpha value is -1.10. The molecule has 4 heteroatoms. The summed E-state index contributed by atoms with van der Waals surface area (Å²) in [6, 6.07) is 17.4. The lowest BCUT2D eigenvalue weighted by molar-refractivity contribution is 0.417. The van der Waals surface area contributed by atoms with Gasteiger partial charge in [0.05, 0.1) is 14.2 Å². The van der Waals surface area contributed by atoms with Crippen molar-refractivity contribution in [2.24, 2.45) is 5.92 Å². The number of hydrogen-bond donors (Lipinski definition) is 0. The molecule has 1 fully saturated rings. The monoisotopic (exact) mass is 486 g/mol. The molecule has 1 aliphatic rings. The zero-order valence-electron chi connectivity index (χ0n) is 22.2. The summed E-state index contributed by atoms with van der Waals surface area (Å²) in [5.74, 6) is 2.75. The lowest BCUT2D eigenvalue weighted by Gasteiger charge is -2.49. The third-order valence-electron chi connectivity index (χ3n) is 7.02. The molecule has 0 radical (unpaired) electrons. The smallest absolute Gasteiger partial charge is 0.126 e. The number of methoxy groups -OCH3 is 2. The van der Waals surface area contributed by atoms with Gasteiger partial charge in [-0.2, -0.15) is 0 Å². The Morgan fingerprint density at radius 1 is 0.758 bits per heavy atom. The van der Waals surface area contributed by atoms with E-state index in [0.29, 0.717) is 21.6 Å². The highest BCUT2D eigenvalue weighted by Gasteiger charge is 2.46. The predicted octanol–water partition coefficient (Wildman–Crippen LogP) is 7.77. The van der Waals surface area contributed by atoms with Gasteiger partial charge in [0.25, 0.3) is 0 Å². The van der Waals surface area contributed by atoms with E-state index in [4.69, 9.17) is 9.47 Å². The van der Waals surface area contributed by atoms with Crippen LogP contribution in [0, 0.1) is 5.92 Å². The van der Waals surface area contributed by atoms with Crippen LogP contribution in [0.15, 0.2) is 48.5 Å². The van der Waals surface area contributed by atoms with Crippen LogP contribution in [0.1, 0.15) is 67.7 Å². The Morgan fingerprint density at radius 3 is 1.64 bits per heavy atom. The van der Waals surface area contributed by atoms with Crippen LogP contribution in [-0.2, 0) is 0 Å². The van der Waals surface area contributed by atoms with E-state index in [9.17, 15) is 0 Å². The van der Waals surface area contributed by atoms with Gasteiger partial charge in [-0.3, -0.25) is 0 Å². The molecule has 3 unspecified atom stereocenters. The molecule has 0 N–H and O–H groups in total. The molecule has 0 heterocycles. The van der Waals surface area contributed by atoms with E-state index in [2.05, 4.69) is 97.0 Å². The van der Waals surface area contributed by atoms with Crippen LogP contribution >= 0.6 is 15.8 Å². The van der Waals surface area contributed by atoms with Crippen molar-refractivity contribution < 1.29 is 9.47 Å². The van der Waals surface area contributed by atoms with Gasteiger partial charge in [-0.25, -0.2) is 0 Å². The molecule has 2 aromatic carbocycles. The van der Waals surface area contributed by atoms with Gasteiger partial charge in [0.15, 0.2) is 0 Å². The third kappa shape index (κ3) is 5.77. The Labute approximate surface area is 205 Å². The fourth-order valence-corrected chi connectivity index (χ4v) is 15.3. The Bertz CT molecular complexity index is 851. The zero-order valence-corrected chi connectivity index (χ0v) is 24.0. The van der Waals surface area contributed by atoms with Gasteiger partial charge in [-0.15, -0.1) is 0 Å². The Kier molecular flexibility index (Phi) is 8.56. The topological polar surface area (TPSA) is 18.5 Å². The maximum Gasteiger partial charge on any atom is 0.126 e. The largest absolute Gasteiger partial charge is 0.496 e. The van der Waals surface area contributed by atoms with Crippen LogP contribution in [0.2, 0.25) is 0 Å². The molecule has 1 saturated carbocycles. The van der Waals surface area contributed by atoms with Gasteiger partial charge in [-0.05, 0) is 60.4 Å². The van der Waals surface area contributed by atoms with Crippen molar-refractivity contribution in [1.82, 2.24) is 0 Å². The first-order chi connectivity index (χ1) is 15.5. The van der Waals surface area contributed by atoms with Crippen molar-refractivity contribution >= 4 is 26.5 Å². The minimum atomic E-state index is -0.613. The van der Waals surface area contributed by atoms with Crippen molar-refractivity contribution in [3.8, 4) is 11.5 Å². The number of rotatable bonds is 7. The normalized spacial score (nSPS) is 20.3. The number of hydrogen-bond acceptors (Lipinski definition) is 2. The highest BCUT2D eigenvalue weighted by molar-refractivity contribution is 7.74. The average Bonchev–Trinajstić information content (AvgIpc) is 3.22. The number of ether oxygens (including phenoxy) is 2. The molecule has 3 atom stereocenters. The van der Waals surface area contributed by atoms with E-state index < -0.39 is 7.92 Å². The van der Waals surface area contributed by atoms with E-state index >= 15 is 0 Å². The fourth-order valence-electron chi connectivity index (χ4n) is 6.42. The summed E-state index contributed by atoms with van der Waals surface area (Å²) in [7, 11) is 2.82. The van der Waals surface area contributed by atoms with E-state index in [0.717, 1.165) is 17.4 Å². The summed E-state index contributed by atoms with van der Waals surface area (Å²) in [5, 5.41) is 3.38. The molecule has 0 bridgehead atoms. The van der Waals surface area contributed by atoms with Crippen LogP contribution in [0.5, 0.6) is 11.5 Å². The Morgan fingerprint density at radius 2 is 1.21 bits per heavy atom. The van der Waals surface area contributed by atoms with Crippen LogP contribution in [0.3, 0.4) is 0 Å². The zero-order chi connectivity index (χ0) is 24.4. The van der Waals surface area contributed by atoms with E-state index in [1.54, 1.807) is 0 Å². The number of para-hydroxylation sites is 2. The van der Waals surface area contributed by atoms with Crippen LogP contribution in [0.25, 0.3) is 0 Å². The summed E-state index contributed by atoms with van der Waals surface area (Å²) < 4.78 is 11.8. The average molecular weight is 487 g/mol. The molecule has 0 amide bonds. The summed E-state index contributed by atoms with van der Waals surface area (Å²) in [4.78, 5) is 0. The molecule has 182 valence electrons. The van der Waals surface area contributed by atoms with Crippen molar-refractivity contribution in [2.75, 3.05) is 14.2 Å². The van der Waals surface area contributed by atoms with Gasteiger partial charge in [0.2, 0.25) is 0 Å². The molecule has 0 spiro atoms. The van der Waals surface area contributed by atoms with Gasteiger partial charge in [-0.1, -0.05) is 99.2 Å². The van der Waals surface area contributed by atoms with Crippen LogP contribution in [-0.4, -0.2) is 35.8 Å². The minimum Gasteiger partial charge on any atom is -0.496 e. The quantitative estimate of drug-likeness (QED) is 0.372. The van der Waals surface area contributed by atoms with Gasteiger partial charge in [0, 0.05) is 10.6 Å². The van der Waals surface area contributed by atoms with E-state index in [1.807, 2.05) is 14.2 Å². The molecule has 2 nitrogen and oxygen atoms in total. The van der Waals surface area contributed by atoms with Crippen LogP contribution in [0.4, 0.5) is 0 Å². The molecule has 0 aliphatic heterocycles. The van der Waals surface area contributed by atoms with E-state index in [1.165, 1.54) is 29.9 Å². The highest BCUT2D eigenvalue weighted by atomic mass is 31.1. The summed E-state index contributed by atoms with van der Waals surface area (Å²) in [6.45, 7) is 17.4. The van der Waals surface area contributed by atoms with E-state index in [-0.39, 0.29) is 7.92 Å². The lowest BCUT2D eigenvalue weighted by Crippen LogP contribution is -2.37. The number of benzene rings is 2. The first-order valence-electron chi connectivity index (χ1n) is 12.4. The van der Waals surface area contributed by atoms with Crippen molar-refractivity contribution in [3.63, 3.8) is 0 Å².